The van der Waals surface area contributed by atoms with Crippen LogP contribution in [0.1, 0.15) is 32.4 Å². The first-order chi connectivity index (χ1) is 9.88. The molecule has 5 nitrogen and oxygen atoms in total. The molecule has 21 heavy (non-hydrogen) atoms. The third-order valence-corrected chi connectivity index (χ3v) is 3.23. The Bertz CT molecular complexity index is 474. The molecule has 0 fully saturated rings. The molecule has 0 spiro atoms. The minimum Gasteiger partial charge on any atom is -0.338 e. The Hall–Kier alpha value is -1.59. The summed E-state index contributed by atoms with van der Waals surface area (Å²) in [6, 6.07) is 7.17. The van der Waals surface area contributed by atoms with E-state index in [1.807, 2.05) is 50.4 Å². The molecule has 0 aromatic heterocycles. The fraction of sp³-hybridized carbons (Fsp3) is 0.467. The molecule has 0 heterocycles. The number of benzene rings is 1. The van der Waals surface area contributed by atoms with Gasteiger partial charge in [0.25, 0.3) is 5.91 Å². The molecular weight excluding hydrogens is 290 g/mol. The van der Waals surface area contributed by atoms with Gasteiger partial charge in [0.05, 0.1) is 0 Å². The van der Waals surface area contributed by atoms with Crippen molar-refractivity contribution in [2.75, 3.05) is 13.1 Å². The van der Waals surface area contributed by atoms with Crippen molar-refractivity contribution < 1.29 is 14.9 Å². The molecule has 1 rings (SSSR count). The third kappa shape index (κ3) is 7.11. The molecule has 116 valence electrons. The van der Waals surface area contributed by atoms with Crippen molar-refractivity contribution in [2.24, 2.45) is 5.92 Å². The van der Waals surface area contributed by atoms with Crippen LogP contribution in [0.5, 0.6) is 0 Å². The van der Waals surface area contributed by atoms with Crippen LogP contribution >= 0.6 is 11.6 Å². The molecule has 0 bridgehead atoms. The topological polar surface area (TPSA) is 74.8 Å². The van der Waals surface area contributed by atoms with Crippen molar-refractivity contribution in [1.29, 1.82) is 0 Å². The van der Waals surface area contributed by atoms with Gasteiger partial charge >= 0.3 is 6.03 Å². The van der Waals surface area contributed by atoms with Crippen molar-refractivity contribution in [1.82, 2.24) is 10.6 Å². The summed E-state index contributed by atoms with van der Waals surface area (Å²) in [4.78, 5) is 23.1. The minimum absolute atomic E-state index is 0.117. The molecule has 0 aliphatic rings. The van der Waals surface area contributed by atoms with Crippen molar-refractivity contribution in [3.63, 3.8) is 0 Å². The number of rotatable bonds is 6. The highest BCUT2D eigenvalue weighted by molar-refractivity contribution is 6.30. The lowest BCUT2D eigenvalue weighted by molar-refractivity contribution is -0.682. The molecule has 0 unspecified atom stereocenters. The van der Waals surface area contributed by atoms with Crippen LogP contribution in [0.25, 0.3) is 0 Å². The Morgan fingerprint density at radius 2 is 1.81 bits per heavy atom. The summed E-state index contributed by atoms with van der Waals surface area (Å²) >= 11 is 5.83. The molecule has 0 saturated heterocycles. The zero-order valence-electron chi connectivity index (χ0n) is 12.7. The van der Waals surface area contributed by atoms with E-state index in [0.29, 0.717) is 17.5 Å². The number of nitrogens with two attached hydrogens (primary N) is 1. The number of halogens is 1. The second-order valence-electron chi connectivity index (χ2n) is 5.43. The van der Waals surface area contributed by atoms with Crippen LogP contribution in [0.15, 0.2) is 24.3 Å². The molecule has 1 aromatic carbocycles. The molecule has 0 saturated carbocycles. The monoisotopic (exact) mass is 312 g/mol. The Labute approximate surface area is 130 Å². The van der Waals surface area contributed by atoms with Crippen molar-refractivity contribution in [2.45, 2.75) is 26.8 Å². The van der Waals surface area contributed by atoms with Crippen molar-refractivity contribution in [3.05, 3.63) is 34.9 Å². The number of urea groups is 1. The van der Waals surface area contributed by atoms with Gasteiger partial charge in [-0.2, -0.15) is 0 Å². The summed E-state index contributed by atoms with van der Waals surface area (Å²) < 4.78 is 0. The van der Waals surface area contributed by atoms with E-state index in [-0.39, 0.29) is 18.5 Å². The van der Waals surface area contributed by atoms with Gasteiger partial charge in [0.2, 0.25) is 0 Å². The predicted octanol–water partition coefficient (Wildman–Crippen LogP) is 1.45. The molecule has 3 amide bonds. The van der Waals surface area contributed by atoms with Gasteiger partial charge in [-0.3, -0.25) is 10.1 Å². The molecule has 0 aliphatic carbocycles. The van der Waals surface area contributed by atoms with Gasteiger partial charge in [-0.15, -0.1) is 0 Å². The quantitative estimate of drug-likeness (QED) is 0.743. The van der Waals surface area contributed by atoms with Gasteiger partial charge in [-0.1, -0.05) is 37.6 Å². The first-order valence-corrected chi connectivity index (χ1v) is 7.42. The maximum Gasteiger partial charge on any atom is 0.321 e. The molecular formula is C15H23ClN3O2+. The van der Waals surface area contributed by atoms with Gasteiger partial charge in [0.1, 0.15) is 6.04 Å². The van der Waals surface area contributed by atoms with Crippen LogP contribution < -0.4 is 16.0 Å². The van der Waals surface area contributed by atoms with Gasteiger partial charge < -0.3 is 10.6 Å². The Balaban J connectivity index is 2.32. The maximum absolute atomic E-state index is 11.7. The van der Waals surface area contributed by atoms with E-state index in [2.05, 4.69) is 10.6 Å². The first-order valence-electron chi connectivity index (χ1n) is 7.05. The van der Waals surface area contributed by atoms with Crippen LogP contribution in [0.2, 0.25) is 5.02 Å². The SMILES string of the molecule is CC(C)CNC(=O)NC(=O)C[NH2+][C@H](C)c1ccc(Cl)cc1. The number of carbonyl (C=O) groups is 2. The number of hydrogen-bond donors (Lipinski definition) is 3. The lowest BCUT2D eigenvalue weighted by Gasteiger charge is -2.11. The van der Waals surface area contributed by atoms with E-state index < -0.39 is 6.03 Å². The van der Waals surface area contributed by atoms with E-state index in [9.17, 15) is 9.59 Å². The molecule has 1 atom stereocenters. The second kappa shape index (κ2) is 8.64. The average molecular weight is 313 g/mol. The van der Waals surface area contributed by atoms with E-state index in [0.717, 1.165) is 5.56 Å². The van der Waals surface area contributed by atoms with Crippen LogP contribution in [0.4, 0.5) is 4.79 Å². The largest absolute Gasteiger partial charge is 0.338 e. The zero-order chi connectivity index (χ0) is 15.8. The lowest BCUT2D eigenvalue weighted by atomic mass is 10.1. The first kappa shape index (κ1) is 17.5. The Morgan fingerprint density at radius 1 is 1.19 bits per heavy atom. The Morgan fingerprint density at radius 3 is 2.38 bits per heavy atom. The van der Waals surface area contributed by atoms with Gasteiger partial charge in [0.15, 0.2) is 6.54 Å². The Kier molecular flexibility index (Phi) is 7.19. The number of quaternary nitrogens is 1. The summed E-state index contributed by atoms with van der Waals surface area (Å²) in [5.74, 6) is 0.0411. The maximum atomic E-state index is 11.7. The summed E-state index contributed by atoms with van der Waals surface area (Å²) in [7, 11) is 0. The van der Waals surface area contributed by atoms with E-state index in [1.54, 1.807) is 0 Å². The van der Waals surface area contributed by atoms with Gasteiger partial charge in [0, 0.05) is 17.1 Å². The minimum atomic E-state index is -0.443. The van der Waals surface area contributed by atoms with Crippen LogP contribution in [0.3, 0.4) is 0 Å². The number of carbonyl (C=O) groups excluding carboxylic acids is 2. The number of nitrogens with one attached hydrogen (secondary N) is 2. The molecule has 0 aliphatic heterocycles. The van der Waals surface area contributed by atoms with Crippen molar-refractivity contribution >= 4 is 23.5 Å². The highest BCUT2D eigenvalue weighted by Crippen LogP contribution is 2.13. The third-order valence-electron chi connectivity index (χ3n) is 2.98. The summed E-state index contributed by atoms with van der Waals surface area (Å²) in [5.41, 5.74) is 1.08. The summed E-state index contributed by atoms with van der Waals surface area (Å²) in [6.07, 6.45) is 0. The van der Waals surface area contributed by atoms with Crippen LogP contribution in [0, 0.1) is 5.92 Å². The fourth-order valence-electron chi connectivity index (χ4n) is 1.70. The number of amides is 3. The molecule has 0 radical (unpaired) electrons. The van der Waals surface area contributed by atoms with E-state index in [4.69, 9.17) is 11.6 Å². The smallest absolute Gasteiger partial charge is 0.321 e. The summed E-state index contributed by atoms with van der Waals surface area (Å²) in [6.45, 7) is 6.71. The molecule has 6 heteroatoms. The van der Waals surface area contributed by atoms with Gasteiger partial charge in [-0.05, 0) is 25.0 Å². The standard InChI is InChI=1S/C15H22ClN3O2/c1-10(2)8-18-15(21)19-14(20)9-17-11(3)12-4-6-13(16)7-5-12/h4-7,10-11,17H,8-9H2,1-3H3,(H2,18,19,20,21)/p+1/t11-/m1/s1. The lowest BCUT2D eigenvalue weighted by Crippen LogP contribution is -2.87. The number of hydrogen-bond acceptors (Lipinski definition) is 2. The van der Waals surface area contributed by atoms with Crippen LogP contribution in [-0.4, -0.2) is 25.0 Å². The van der Waals surface area contributed by atoms with Crippen LogP contribution in [-0.2, 0) is 4.79 Å². The predicted molar refractivity (Wildman–Crippen MR) is 83.0 cm³/mol. The second-order valence-corrected chi connectivity index (χ2v) is 5.87. The molecule has 4 N–H and O–H groups in total. The normalized spacial score (nSPS) is 12.0. The molecule has 1 aromatic rings. The van der Waals surface area contributed by atoms with E-state index in [1.165, 1.54) is 0 Å². The van der Waals surface area contributed by atoms with Gasteiger partial charge in [-0.25, -0.2) is 4.79 Å². The van der Waals surface area contributed by atoms with Crippen molar-refractivity contribution in [3.8, 4) is 0 Å². The number of imide groups is 1. The highest BCUT2D eigenvalue weighted by atomic mass is 35.5. The zero-order valence-corrected chi connectivity index (χ0v) is 13.4. The fourth-order valence-corrected chi connectivity index (χ4v) is 1.83. The average Bonchev–Trinajstić information content (AvgIpc) is 2.43. The highest BCUT2D eigenvalue weighted by Gasteiger charge is 2.13. The van der Waals surface area contributed by atoms with E-state index >= 15 is 0 Å². The summed E-state index contributed by atoms with van der Waals surface area (Å²) in [5, 5.41) is 7.50.